The van der Waals surface area contributed by atoms with Gasteiger partial charge in [-0.25, -0.2) is 14.8 Å². The van der Waals surface area contributed by atoms with Gasteiger partial charge in [-0.15, -0.1) is 11.3 Å². The molecule has 0 aliphatic carbocycles. The smallest absolute Gasteiger partial charge is 0.348 e. The first-order chi connectivity index (χ1) is 14.1. The lowest BCUT2D eigenvalue weighted by molar-refractivity contribution is 0.0532. The van der Waals surface area contributed by atoms with Crippen molar-refractivity contribution in [2.45, 2.75) is 20.5 Å². The average molecular weight is 404 g/mol. The quantitative estimate of drug-likeness (QED) is 0.402. The maximum absolute atomic E-state index is 12.0. The average Bonchev–Trinajstić information content (AvgIpc) is 3.17. The summed E-state index contributed by atoms with van der Waals surface area (Å²) in [6.07, 6.45) is 1.75. The Morgan fingerprint density at radius 2 is 1.93 bits per heavy atom. The van der Waals surface area contributed by atoms with Gasteiger partial charge < -0.3 is 9.47 Å². The van der Waals surface area contributed by atoms with Crippen LogP contribution in [0, 0.1) is 6.92 Å². The number of esters is 1. The highest BCUT2D eigenvalue weighted by molar-refractivity contribution is 7.20. The summed E-state index contributed by atoms with van der Waals surface area (Å²) in [5.41, 5.74) is 3.08. The number of rotatable bonds is 6. The third-order valence-corrected chi connectivity index (χ3v) is 5.46. The van der Waals surface area contributed by atoms with Crippen molar-refractivity contribution in [3.05, 3.63) is 76.8 Å². The SMILES string of the molecule is CCOC(=O)c1cc2cnc(-c3ccc(OCc4ccccc4)cc3C)nc2s1. The zero-order valence-electron chi connectivity index (χ0n) is 16.2. The van der Waals surface area contributed by atoms with E-state index in [1.54, 1.807) is 19.2 Å². The van der Waals surface area contributed by atoms with E-state index in [1.165, 1.54) is 11.3 Å². The monoisotopic (exact) mass is 404 g/mol. The van der Waals surface area contributed by atoms with Crippen molar-refractivity contribution in [1.82, 2.24) is 9.97 Å². The number of benzene rings is 2. The maximum Gasteiger partial charge on any atom is 0.348 e. The molecule has 4 aromatic rings. The van der Waals surface area contributed by atoms with E-state index in [1.807, 2.05) is 55.5 Å². The molecule has 0 unspecified atom stereocenters. The maximum atomic E-state index is 12.0. The van der Waals surface area contributed by atoms with E-state index in [0.29, 0.717) is 23.9 Å². The van der Waals surface area contributed by atoms with Crippen molar-refractivity contribution in [2.75, 3.05) is 6.61 Å². The standard InChI is InChI=1S/C23H20N2O3S/c1-3-27-23(26)20-12-17-13-24-21(25-22(17)29-20)19-10-9-18(11-15(19)2)28-14-16-7-5-4-6-8-16/h4-13H,3,14H2,1-2H3. The van der Waals surface area contributed by atoms with E-state index < -0.39 is 0 Å². The van der Waals surface area contributed by atoms with Crippen molar-refractivity contribution in [2.24, 2.45) is 0 Å². The second kappa shape index (κ2) is 8.41. The zero-order valence-corrected chi connectivity index (χ0v) is 17.0. The molecule has 2 aromatic carbocycles. The lowest BCUT2D eigenvalue weighted by Crippen LogP contribution is -2.01. The van der Waals surface area contributed by atoms with E-state index >= 15 is 0 Å². The second-order valence-corrected chi connectivity index (χ2v) is 7.57. The van der Waals surface area contributed by atoms with E-state index in [2.05, 4.69) is 9.97 Å². The van der Waals surface area contributed by atoms with Gasteiger partial charge in [-0.3, -0.25) is 0 Å². The lowest BCUT2D eigenvalue weighted by atomic mass is 10.1. The number of aromatic nitrogens is 2. The minimum Gasteiger partial charge on any atom is -0.489 e. The van der Waals surface area contributed by atoms with Gasteiger partial charge >= 0.3 is 5.97 Å². The third-order valence-electron chi connectivity index (χ3n) is 4.44. The summed E-state index contributed by atoms with van der Waals surface area (Å²) in [4.78, 5) is 22.4. The number of fused-ring (bicyclic) bond motifs is 1. The van der Waals surface area contributed by atoms with Gasteiger partial charge in [-0.1, -0.05) is 30.3 Å². The van der Waals surface area contributed by atoms with Crippen LogP contribution in [0.4, 0.5) is 0 Å². The Balaban J connectivity index is 1.55. The normalized spacial score (nSPS) is 10.8. The fourth-order valence-corrected chi connectivity index (χ4v) is 3.88. The van der Waals surface area contributed by atoms with Crippen LogP contribution in [0.5, 0.6) is 5.75 Å². The van der Waals surface area contributed by atoms with E-state index in [9.17, 15) is 4.79 Å². The molecule has 0 saturated heterocycles. The van der Waals surface area contributed by atoms with E-state index in [4.69, 9.17) is 9.47 Å². The van der Waals surface area contributed by atoms with Crippen LogP contribution in [0.1, 0.15) is 27.7 Å². The van der Waals surface area contributed by atoms with Crippen LogP contribution in [-0.2, 0) is 11.3 Å². The number of thiophene rings is 1. The molecule has 0 N–H and O–H groups in total. The predicted octanol–water partition coefficient (Wildman–Crippen LogP) is 5.42. The van der Waals surface area contributed by atoms with Crippen LogP contribution in [0.2, 0.25) is 0 Å². The predicted molar refractivity (Wildman–Crippen MR) is 114 cm³/mol. The number of carbonyl (C=O) groups is 1. The first-order valence-electron chi connectivity index (χ1n) is 9.35. The molecule has 0 fully saturated rings. The number of hydrogen-bond acceptors (Lipinski definition) is 6. The molecule has 0 bridgehead atoms. The fraction of sp³-hybridized carbons (Fsp3) is 0.174. The van der Waals surface area contributed by atoms with Gasteiger partial charge in [0.05, 0.1) is 6.61 Å². The molecular weight excluding hydrogens is 384 g/mol. The van der Waals surface area contributed by atoms with Crippen molar-refractivity contribution < 1.29 is 14.3 Å². The van der Waals surface area contributed by atoms with E-state index in [0.717, 1.165) is 32.7 Å². The number of hydrogen-bond donors (Lipinski definition) is 0. The molecule has 29 heavy (non-hydrogen) atoms. The molecule has 146 valence electrons. The van der Waals surface area contributed by atoms with Crippen molar-refractivity contribution in [3.8, 4) is 17.1 Å². The Hall–Kier alpha value is -3.25. The van der Waals surface area contributed by atoms with Gasteiger partial charge in [0.25, 0.3) is 0 Å². The molecule has 5 nitrogen and oxygen atoms in total. The molecular formula is C23H20N2O3S. The van der Waals surface area contributed by atoms with Crippen LogP contribution < -0.4 is 4.74 Å². The first kappa shape index (κ1) is 19.1. The summed E-state index contributed by atoms with van der Waals surface area (Å²) in [5.74, 6) is 1.10. The highest BCUT2D eigenvalue weighted by Crippen LogP contribution is 2.29. The molecule has 0 radical (unpaired) electrons. The van der Waals surface area contributed by atoms with Crippen LogP contribution >= 0.6 is 11.3 Å². The van der Waals surface area contributed by atoms with Gasteiger partial charge in [-0.2, -0.15) is 0 Å². The topological polar surface area (TPSA) is 61.3 Å². The van der Waals surface area contributed by atoms with Crippen molar-refractivity contribution in [1.29, 1.82) is 0 Å². The summed E-state index contributed by atoms with van der Waals surface area (Å²) in [6.45, 7) is 4.67. The molecule has 0 aliphatic rings. The largest absolute Gasteiger partial charge is 0.489 e. The highest BCUT2D eigenvalue weighted by atomic mass is 32.1. The minimum absolute atomic E-state index is 0.326. The lowest BCUT2D eigenvalue weighted by Gasteiger charge is -2.10. The van der Waals surface area contributed by atoms with Gasteiger partial charge in [-0.05, 0) is 49.2 Å². The number of aryl methyl sites for hydroxylation is 1. The summed E-state index contributed by atoms with van der Waals surface area (Å²) >= 11 is 1.32. The zero-order chi connectivity index (χ0) is 20.2. The third kappa shape index (κ3) is 4.27. The Bertz CT molecular complexity index is 1160. The van der Waals surface area contributed by atoms with Gasteiger partial charge in [0.15, 0.2) is 5.82 Å². The molecule has 0 spiro atoms. The van der Waals surface area contributed by atoms with E-state index in [-0.39, 0.29) is 5.97 Å². The first-order valence-corrected chi connectivity index (χ1v) is 10.2. The summed E-state index contributed by atoms with van der Waals surface area (Å²) in [5, 5.41) is 0.835. The molecule has 4 rings (SSSR count). The van der Waals surface area contributed by atoms with Gasteiger partial charge in [0.1, 0.15) is 22.1 Å². The Morgan fingerprint density at radius 1 is 1.10 bits per heavy atom. The molecule has 0 atom stereocenters. The summed E-state index contributed by atoms with van der Waals surface area (Å²) in [6, 6.07) is 17.7. The number of carbonyl (C=O) groups excluding carboxylic acids is 1. The van der Waals surface area contributed by atoms with Gasteiger partial charge in [0, 0.05) is 17.1 Å². The second-order valence-electron chi connectivity index (χ2n) is 6.54. The van der Waals surface area contributed by atoms with Crippen LogP contribution in [0.15, 0.2) is 60.8 Å². The summed E-state index contributed by atoms with van der Waals surface area (Å²) < 4.78 is 11.0. The fourth-order valence-electron chi connectivity index (χ4n) is 2.98. The Morgan fingerprint density at radius 3 is 2.69 bits per heavy atom. The van der Waals surface area contributed by atoms with Crippen LogP contribution in [0.3, 0.4) is 0 Å². The van der Waals surface area contributed by atoms with Crippen LogP contribution in [0.25, 0.3) is 21.6 Å². The van der Waals surface area contributed by atoms with Crippen molar-refractivity contribution >= 4 is 27.5 Å². The molecule has 6 heteroatoms. The number of ether oxygens (including phenoxy) is 2. The minimum atomic E-state index is -0.326. The van der Waals surface area contributed by atoms with Gasteiger partial charge in [0.2, 0.25) is 0 Å². The number of nitrogens with zero attached hydrogens (tertiary/aromatic N) is 2. The summed E-state index contributed by atoms with van der Waals surface area (Å²) in [7, 11) is 0. The van der Waals surface area contributed by atoms with Crippen molar-refractivity contribution in [3.63, 3.8) is 0 Å². The highest BCUT2D eigenvalue weighted by Gasteiger charge is 2.14. The molecule has 0 saturated carbocycles. The Labute approximate surface area is 173 Å². The molecule has 2 aromatic heterocycles. The molecule has 0 aliphatic heterocycles. The Kier molecular flexibility index (Phi) is 5.53. The molecule has 2 heterocycles. The van der Waals surface area contributed by atoms with Crippen LogP contribution in [-0.4, -0.2) is 22.5 Å². The molecule has 0 amide bonds.